The molecule has 10 heteroatoms. The maximum absolute atomic E-state index is 13.0. The molecule has 1 aliphatic rings. The smallest absolute Gasteiger partial charge is 0.328 e. The van der Waals surface area contributed by atoms with Crippen LogP contribution in [0.4, 0.5) is 19.3 Å². The van der Waals surface area contributed by atoms with Crippen molar-refractivity contribution in [2.75, 3.05) is 11.9 Å². The molecular weight excluding hydrogens is 446 g/mol. The minimum Gasteiger partial charge on any atom is -0.365 e. The van der Waals surface area contributed by atoms with Crippen LogP contribution in [0, 0.1) is 0 Å². The molecule has 6 nitrogen and oxygen atoms in total. The summed E-state index contributed by atoms with van der Waals surface area (Å²) in [6.07, 6.45) is -3.12. The van der Waals surface area contributed by atoms with Crippen LogP contribution in [0.2, 0.25) is 5.02 Å². The molecule has 0 saturated carbocycles. The molecule has 1 saturated heterocycles. The number of aromatic nitrogens is 1. The van der Waals surface area contributed by atoms with Gasteiger partial charge in [0.25, 0.3) is 6.43 Å². The number of benzene rings is 2. The number of nitrogens with zero attached hydrogens (tertiary/aromatic N) is 3. The van der Waals surface area contributed by atoms with Gasteiger partial charge in [-0.1, -0.05) is 23.7 Å². The van der Waals surface area contributed by atoms with E-state index in [0.29, 0.717) is 20.9 Å². The van der Waals surface area contributed by atoms with Gasteiger partial charge in [0.1, 0.15) is 6.17 Å². The summed E-state index contributed by atoms with van der Waals surface area (Å²) in [6.45, 7) is 2.32. The Kier molecular flexibility index (Phi) is 6.06. The average molecular weight is 465 g/mol. The maximum Gasteiger partial charge on any atom is 0.328 e. The van der Waals surface area contributed by atoms with Gasteiger partial charge in [-0.2, -0.15) is 0 Å². The molecule has 1 atom stereocenters. The average Bonchev–Trinajstić information content (AvgIpc) is 3.16. The monoisotopic (exact) mass is 464 g/mol. The fourth-order valence-electron chi connectivity index (χ4n) is 3.50. The highest BCUT2D eigenvalue weighted by Crippen LogP contribution is 2.32. The van der Waals surface area contributed by atoms with Crippen LogP contribution in [0.1, 0.15) is 30.3 Å². The molecule has 1 aliphatic heterocycles. The van der Waals surface area contributed by atoms with Crippen LogP contribution >= 0.6 is 22.9 Å². The molecule has 1 aromatic heterocycles. The zero-order valence-corrected chi connectivity index (χ0v) is 18.1. The van der Waals surface area contributed by atoms with Crippen LogP contribution in [0.15, 0.2) is 42.5 Å². The summed E-state index contributed by atoms with van der Waals surface area (Å²) < 4.78 is 26.5. The highest BCUT2D eigenvalue weighted by atomic mass is 35.5. The second kappa shape index (κ2) is 8.76. The van der Waals surface area contributed by atoms with Crippen LogP contribution in [0.5, 0.6) is 0 Å². The van der Waals surface area contributed by atoms with E-state index < -0.39 is 12.6 Å². The molecule has 0 radical (unpaired) electrons. The Balaban J connectivity index is 1.61. The molecule has 3 amide bonds. The molecule has 1 unspecified atom stereocenters. The number of urea groups is 1. The molecule has 2 aromatic carbocycles. The fraction of sp³-hybridized carbons (Fsp3) is 0.286. The van der Waals surface area contributed by atoms with E-state index in [4.69, 9.17) is 11.6 Å². The number of rotatable bonds is 6. The number of hydrogen-bond acceptors (Lipinski definition) is 5. The summed E-state index contributed by atoms with van der Waals surface area (Å²) in [5.41, 5.74) is 1.97. The Morgan fingerprint density at radius 1 is 1.23 bits per heavy atom. The van der Waals surface area contributed by atoms with Gasteiger partial charge in [0.15, 0.2) is 5.01 Å². The number of amides is 3. The molecule has 0 spiro atoms. The Bertz CT molecular complexity index is 1120. The van der Waals surface area contributed by atoms with Crippen molar-refractivity contribution < 1.29 is 18.4 Å². The Morgan fingerprint density at radius 3 is 2.65 bits per heavy atom. The second-order valence-electron chi connectivity index (χ2n) is 7.07. The number of alkyl halides is 2. The van der Waals surface area contributed by atoms with Crippen molar-refractivity contribution in [2.45, 2.75) is 32.5 Å². The Morgan fingerprint density at radius 2 is 1.97 bits per heavy atom. The maximum atomic E-state index is 13.0. The summed E-state index contributed by atoms with van der Waals surface area (Å²) in [6, 6.07) is 11.8. The molecule has 1 N–H and O–H groups in total. The Labute approximate surface area is 186 Å². The van der Waals surface area contributed by atoms with Gasteiger partial charge >= 0.3 is 6.03 Å². The molecule has 162 valence electrons. The highest BCUT2D eigenvalue weighted by molar-refractivity contribution is 7.18. The molecule has 1 fully saturated rings. The van der Waals surface area contributed by atoms with E-state index >= 15 is 0 Å². The van der Waals surface area contributed by atoms with E-state index in [-0.39, 0.29) is 36.5 Å². The van der Waals surface area contributed by atoms with E-state index in [0.717, 1.165) is 16.9 Å². The zero-order valence-electron chi connectivity index (χ0n) is 16.5. The van der Waals surface area contributed by atoms with E-state index in [9.17, 15) is 18.4 Å². The lowest BCUT2D eigenvalue weighted by Crippen LogP contribution is -2.58. The van der Waals surface area contributed by atoms with Crippen molar-refractivity contribution in [3.8, 4) is 0 Å². The van der Waals surface area contributed by atoms with E-state index in [1.165, 1.54) is 4.90 Å². The Hall–Kier alpha value is -2.78. The van der Waals surface area contributed by atoms with Crippen molar-refractivity contribution >= 4 is 50.8 Å². The van der Waals surface area contributed by atoms with Crippen molar-refractivity contribution in [3.05, 3.63) is 58.1 Å². The van der Waals surface area contributed by atoms with Crippen LogP contribution in [-0.2, 0) is 11.3 Å². The highest BCUT2D eigenvalue weighted by Gasteiger charge is 2.38. The molecule has 0 bridgehead atoms. The summed E-state index contributed by atoms with van der Waals surface area (Å²) >= 11 is 6.88. The van der Waals surface area contributed by atoms with Crippen LogP contribution in [0.25, 0.3) is 10.2 Å². The quantitative estimate of drug-likeness (QED) is 0.523. The van der Waals surface area contributed by atoms with E-state index in [1.807, 2.05) is 12.1 Å². The van der Waals surface area contributed by atoms with Gasteiger partial charge in [-0.25, -0.2) is 18.6 Å². The standard InChI is InChI=1S/C21H19ClF2N4O2S/c1-2-27-18(29)10-17(28(21(27)30)11-12-3-5-13(22)6-4-12)25-14-7-8-15-16(9-14)31-20(26-15)19(23)24/h3-9,17,19,25H,2,10-11H2,1H3. The number of halogens is 3. The number of hydrogen-bond donors (Lipinski definition) is 1. The van der Waals surface area contributed by atoms with E-state index in [2.05, 4.69) is 10.3 Å². The minimum absolute atomic E-state index is 0.0934. The number of nitrogens with one attached hydrogen (secondary N) is 1. The number of carbonyl (C=O) groups excluding carboxylic acids is 2. The number of carbonyl (C=O) groups is 2. The third-order valence-electron chi connectivity index (χ3n) is 5.03. The first-order valence-corrected chi connectivity index (χ1v) is 10.9. The predicted octanol–water partition coefficient (Wildman–Crippen LogP) is 5.50. The van der Waals surface area contributed by atoms with Crippen LogP contribution in [0.3, 0.4) is 0 Å². The fourth-order valence-corrected chi connectivity index (χ4v) is 4.49. The number of imide groups is 1. The number of anilines is 1. The topological polar surface area (TPSA) is 65.5 Å². The minimum atomic E-state index is -2.63. The van der Waals surface area contributed by atoms with Crippen molar-refractivity contribution in [1.29, 1.82) is 0 Å². The molecular formula is C21H19ClF2N4O2S. The number of thiazole rings is 1. The summed E-state index contributed by atoms with van der Waals surface area (Å²) in [7, 11) is 0. The zero-order chi connectivity index (χ0) is 22.1. The number of fused-ring (bicyclic) bond motifs is 1. The SMILES string of the molecule is CCN1C(=O)CC(Nc2ccc3nc(C(F)F)sc3c2)N(Cc2ccc(Cl)cc2)C1=O. The van der Waals surface area contributed by atoms with Crippen molar-refractivity contribution in [2.24, 2.45) is 0 Å². The third kappa shape index (κ3) is 4.47. The second-order valence-corrected chi connectivity index (χ2v) is 8.57. The summed E-state index contributed by atoms with van der Waals surface area (Å²) in [4.78, 5) is 32.2. The lowest BCUT2D eigenvalue weighted by Gasteiger charge is -2.40. The van der Waals surface area contributed by atoms with Crippen molar-refractivity contribution in [1.82, 2.24) is 14.8 Å². The van der Waals surface area contributed by atoms with Gasteiger partial charge < -0.3 is 5.32 Å². The molecule has 4 rings (SSSR count). The predicted molar refractivity (Wildman–Crippen MR) is 116 cm³/mol. The van der Waals surface area contributed by atoms with Crippen LogP contribution in [-0.4, -0.2) is 39.4 Å². The first-order valence-electron chi connectivity index (χ1n) is 9.66. The lowest BCUT2D eigenvalue weighted by molar-refractivity contribution is -0.132. The molecule has 31 heavy (non-hydrogen) atoms. The lowest BCUT2D eigenvalue weighted by atomic mass is 10.1. The van der Waals surface area contributed by atoms with Crippen molar-refractivity contribution in [3.63, 3.8) is 0 Å². The van der Waals surface area contributed by atoms with Gasteiger partial charge in [-0.3, -0.25) is 14.6 Å². The van der Waals surface area contributed by atoms with Gasteiger partial charge in [-0.05, 0) is 42.8 Å². The molecule has 2 heterocycles. The molecule has 3 aromatic rings. The van der Waals surface area contributed by atoms with Gasteiger partial charge in [-0.15, -0.1) is 11.3 Å². The normalized spacial score (nSPS) is 17.1. The van der Waals surface area contributed by atoms with Gasteiger partial charge in [0, 0.05) is 23.8 Å². The largest absolute Gasteiger partial charge is 0.365 e. The first kappa shape index (κ1) is 21.5. The third-order valence-corrected chi connectivity index (χ3v) is 6.31. The molecule has 0 aliphatic carbocycles. The van der Waals surface area contributed by atoms with E-state index in [1.54, 1.807) is 42.2 Å². The summed E-state index contributed by atoms with van der Waals surface area (Å²) in [5, 5.41) is 3.58. The van der Waals surface area contributed by atoms with Crippen LogP contribution < -0.4 is 5.32 Å². The first-order chi connectivity index (χ1) is 14.9. The van der Waals surface area contributed by atoms with Gasteiger partial charge in [0.2, 0.25) is 5.91 Å². The van der Waals surface area contributed by atoms with Gasteiger partial charge in [0.05, 0.1) is 16.6 Å². The summed E-state index contributed by atoms with van der Waals surface area (Å²) in [5.74, 6) is -0.267.